The molecule has 2 heteroatoms. The van der Waals surface area contributed by atoms with Crippen LogP contribution in [0.3, 0.4) is 0 Å². The third kappa shape index (κ3) is 4.18. The lowest BCUT2D eigenvalue weighted by molar-refractivity contribution is 0.712. The van der Waals surface area contributed by atoms with Crippen LogP contribution in [0.15, 0.2) is 114 Å². The average Bonchev–Trinajstić information content (AvgIpc) is 2.90. The van der Waals surface area contributed by atoms with Crippen LogP contribution in [-0.4, -0.2) is 5.25 Å². The van der Waals surface area contributed by atoms with Crippen LogP contribution in [0.1, 0.15) is 43.5 Å². The van der Waals surface area contributed by atoms with Gasteiger partial charge >= 0.3 is 0 Å². The molecule has 0 spiro atoms. The predicted octanol–water partition coefficient (Wildman–Crippen LogP) is 7.56. The van der Waals surface area contributed by atoms with E-state index in [0.717, 1.165) is 5.25 Å². The fraction of sp³-hybridized carbons (Fsp3) is 0.226. The lowest BCUT2D eigenvalue weighted by Gasteiger charge is -2.34. The van der Waals surface area contributed by atoms with Crippen LogP contribution in [0.5, 0.6) is 0 Å². The molecule has 0 bridgehead atoms. The van der Waals surface area contributed by atoms with E-state index in [0.29, 0.717) is 5.66 Å². The fourth-order valence-electron chi connectivity index (χ4n) is 5.34. The molecule has 33 heavy (non-hydrogen) atoms. The highest BCUT2D eigenvalue weighted by Crippen LogP contribution is 2.66. The summed E-state index contributed by atoms with van der Waals surface area (Å²) in [4.78, 5) is 1.49. The monoisotopic (exact) mass is 467 g/mol. The minimum Gasteiger partial charge on any atom is -0.122 e. The Bertz CT molecular complexity index is 1090. The Morgan fingerprint density at radius 3 is 1.76 bits per heavy atom. The van der Waals surface area contributed by atoms with Crippen LogP contribution in [-0.2, 0) is 6.42 Å². The third-order valence-corrected chi connectivity index (χ3v) is 13.5. The van der Waals surface area contributed by atoms with E-state index in [4.69, 9.17) is 0 Å². The van der Waals surface area contributed by atoms with E-state index in [2.05, 4.69) is 135 Å². The van der Waals surface area contributed by atoms with Crippen molar-refractivity contribution in [3.63, 3.8) is 0 Å². The first kappa shape index (κ1) is 22.5. The summed E-state index contributed by atoms with van der Waals surface area (Å²) < 4.78 is 0. The molecule has 0 aromatic heterocycles. The van der Waals surface area contributed by atoms with E-state index >= 15 is 0 Å². The van der Waals surface area contributed by atoms with Gasteiger partial charge in [-0.05, 0) is 79.8 Å². The van der Waals surface area contributed by atoms with Crippen LogP contribution in [0.4, 0.5) is 0 Å². The smallest absolute Gasteiger partial charge is 0.119 e. The van der Waals surface area contributed by atoms with Crippen molar-refractivity contribution in [1.29, 1.82) is 0 Å². The van der Waals surface area contributed by atoms with Gasteiger partial charge in [-0.3, -0.25) is 0 Å². The number of hydrogen-bond donors (Lipinski definition) is 0. The lowest BCUT2D eigenvalue weighted by Crippen LogP contribution is -2.34. The van der Waals surface area contributed by atoms with Gasteiger partial charge in [0.25, 0.3) is 0 Å². The van der Waals surface area contributed by atoms with Crippen molar-refractivity contribution in [2.45, 2.75) is 48.9 Å². The quantitative estimate of drug-likeness (QED) is 0.264. The maximum Gasteiger partial charge on any atom is 0.119 e. The molecule has 0 nitrogen and oxygen atoms in total. The van der Waals surface area contributed by atoms with Crippen molar-refractivity contribution in [1.82, 2.24) is 0 Å². The Balaban J connectivity index is 1.71. The molecule has 4 aromatic rings. The molecule has 0 N–H and O–H groups in total. The fourth-order valence-corrected chi connectivity index (χ4v) is 11.3. The van der Waals surface area contributed by atoms with Crippen molar-refractivity contribution in [2.24, 2.45) is 0 Å². The molecule has 0 amide bonds. The summed E-state index contributed by atoms with van der Waals surface area (Å²) in [6, 6.07) is 41.1. The van der Waals surface area contributed by atoms with E-state index in [1.165, 1.54) is 45.6 Å². The second-order valence-corrected chi connectivity index (χ2v) is 14.1. The number of fused-ring (bicyclic) bond motifs is 1. The molecule has 1 aliphatic heterocycles. The highest BCUT2D eigenvalue weighted by molar-refractivity contribution is 8.00. The predicted molar refractivity (Wildman–Crippen MR) is 148 cm³/mol. The van der Waals surface area contributed by atoms with E-state index in [-0.39, 0.29) is 0 Å². The molecular formula is C31H32PS+. The topological polar surface area (TPSA) is 0 Å². The molecule has 0 radical (unpaired) electrons. The van der Waals surface area contributed by atoms with Crippen molar-refractivity contribution >= 4 is 34.9 Å². The van der Waals surface area contributed by atoms with Gasteiger partial charge in [0.15, 0.2) is 0 Å². The Morgan fingerprint density at radius 2 is 1.27 bits per heavy atom. The second kappa shape index (κ2) is 9.88. The number of thioether (sulfide) groups is 1. The van der Waals surface area contributed by atoms with Gasteiger partial charge in [-0.2, -0.15) is 0 Å². The normalized spacial score (nSPS) is 16.7. The first-order chi connectivity index (χ1) is 16.2. The molecule has 5 rings (SSSR count). The Labute approximate surface area is 203 Å². The maximum absolute atomic E-state index is 2.53. The van der Waals surface area contributed by atoms with Crippen LogP contribution < -0.4 is 15.9 Å². The molecule has 2 atom stereocenters. The maximum atomic E-state index is 2.53. The highest BCUT2D eigenvalue weighted by atomic mass is 32.2. The third-order valence-electron chi connectivity index (χ3n) is 7.12. The molecule has 4 aromatic carbocycles. The summed E-state index contributed by atoms with van der Waals surface area (Å²) in [7, 11) is -1.93. The summed E-state index contributed by atoms with van der Waals surface area (Å²) >= 11 is 2.08. The minimum atomic E-state index is -1.93. The summed E-state index contributed by atoms with van der Waals surface area (Å²) in [6.07, 6.45) is 3.75. The zero-order chi connectivity index (χ0) is 22.7. The van der Waals surface area contributed by atoms with Gasteiger partial charge in [0, 0.05) is 10.1 Å². The summed E-state index contributed by atoms with van der Waals surface area (Å²) in [5, 5.41) is 5.12. The first-order valence-electron chi connectivity index (χ1n) is 12.1. The van der Waals surface area contributed by atoms with Crippen molar-refractivity contribution in [2.75, 3.05) is 0 Å². The number of aryl methyl sites for hydroxylation is 1. The standard InChI is InChI=1S/C31H32PS/c1-3-30-21-19-26-23-25(20-22-31(26)33-30)24(2)32(27-13-7-4-8-14-27,28-15-9-5-10-16-28)29-17-11-6-12-18-29/h4-18,20,22-24,30H,3,19,21H2,1-2H3/q+1. The van der Waals surface area contributed by atoms with Crippen molar-refractivity contribution in [3.8, 4) is 0 Å². The van der Waals surface area contributed by atoms with Gasteiger partial charge in [0.1, 0.15) is 28.8 Å². The summed E-state index contributed by atoms with van der Waals surface area (Å²) in [5.74, 6) is 0. The zero-order valence-electron chi connectivity index (χ0n) is 19.5. The summed E-state index contributed by atoms with van der Waals surface area (Å²) in [5.41, 5.74) is 3.39. The van der Waals surface area contributed by atoms with Crippen molar-refractivity contribution < 1.29 is 0 Å². The minimum absolute atomic E-state index is 0.379. The first-order valence-corrected chi connectivity index (χ1v) is 14.8. The zero-order valence-corrected chi connectivity index (χ0v) is 21.2. The van der Waals surface area contributed by atoms with Crippen LogP contribution in [0.2, 0.25) is 0 Å². The van der Waals surface area contributed by atoms with Crippen molar-refractivity contribution in [3.05, 3.63) is 120 Å². The van der Waals surface area contributed by atoms with Gasteiger partial charge in [0.05, 0.1) is 0 Å². The molecule has 166 valence electrons. The van der Waals surface area contributed by atoms with Crippen LogP contribution >= 0.6 is 19.0 Å². The van der Waals surface area contributed by atoms with E-state index < -0.39 is 7.26 Å². The van der Waals surface area contributed by atoms with Crippen LogP contribution in [0.25, 0.3) is 0 Å². The van der Waals surface area contributed by atoms with Crippen LogP contribution in [0, 0.1) is 0 Å². The van der Waals surface area contributed by atoms with Gasteiger partial charge in [0.2, 0.25) is 0 Å². The SMILES string of the molecule is CCC1CCc2cc(C(C)[P+](c3ccccc3)(c3ccccc3)c3ccccc3)ccc2S1. The van der Waals surface area contributed by atoms with Gasteiger partial charge in [-0.1, -0.05) is 73.7 Å². The second-order valence-electron chi connectivity index (χ2n) is 8.96. The largest absolute Gasteiger partial charge is 0.122 e. The van der Waals surface area contributed by atoms with Gasteiger partial charge in [-0.25, -0.2) is 0 Å². The molecule has 0 saturated heterocycles. The number of benzene rings is 4. The van der Waals surface area contributed by atoms with Gasteiger partial charge < -0.3 is 0 Å². The lowest BCUT2D eigenvalue weighted by atomic mass is 10.0. The Kier molecular flexibility index (Phi) is 6.72. The average molecular weight is 468 g/mol. The van der Waals surface area contributed by atoms with E-state index in [1.54, 1.807) is 5.56 Å². The molecule has 0 aliphatic carbocycles. The molecule has 1 aliphatic rings. The molecular weight excluding hydrogens is 435 g/mol. The summed E-state index contributed by atoms with van der Waals surface area (Å²) in [6.45, 7) is 4.78. The molecule has 0 fully saturated rings. The molecule has 0 saturated carbocycles. The van der Waals surface area contributed by atoms with Gasteiger partial charge in [-0.15, -0.1) is 11.8 Å². The van der Waals surface area contributed by atoms with E-state index in [1.807, 2.05) is 0 Å². The highest BCUT2D eigenvalue weighted by Gasteiger charge is 2.50. The molecule has 2 unspecified atom stereocenters. The Morgan fingerprint density at radius 1 is 0.758 bits per heavy atom. The molecule has 1 heterocycles. The Hall–Kier alpha value is -2.34. The number of hydrogen-bond acceptors (Lipinski definition) is 1. The number of rotatable bonds is 6. The van der Waals surface area contributed by atoms with E-state index in [9.17, 15) is 0 Å².